The first-order valence-electron chi connectivity index (χ1n) is 7.80. The van der Waals surface area contributed by atoms with Crippen molar-refractivity contribution in [3.63, 3.8) is 0 Å². The normalized spacial score (nSPS) is 23.1. The van der Waals surface area contributed by atoms with Gasteiger partial charge in [-0.05, 0) is 35.2 Å². The molecule has 1 amide bonds. The lowest BCUT2D eigenvalue weighted by Crippen LogP contribution is -2.37. The molecule has 0 bridgehead atoms. The molecule has 2 atom stereocenters. The van der Waals surface area contributed by atoms with Gasteiger partial charge in [-0.25, -0.2) is 0 Å². The number of carbonyl (C=O) groups is 1. The number of nitrogens with zero attached hydrogens (tertiary/aromatic N) is 1. The third-order valence-corrected chi connectivity index (χ3v) is 4.94. The van der Waals surface area contributed by atoms with Crippen LogP contribution in [0.4, 0.5) is 0 Å². The van der Waals surface area contributed by atoms with E-state index in [1.165, 1.54) is 16.7 Å². The molecule has 2 aromatic rings. The Bertz CT molecular complexity index is 711. The van der Waals surface area contributed by atoms with E-state index in [1.807, 2.05) is 12.1 Å². The highest BCUT2D eigenvalue weighted by atomic mass is 16.5. The Morgan fingerprint density at radius 2 is 1.91 bits per heavy atom. The summed E-state index contributed by atoms with van der Waals surface area (Å²) < 4.78 is 5.42. The Balaban J connectivity index is 1.86. The van der Waals surface area contributed by atoms with Crippen LogP contribution >= 0.6 is 0 Å². The van der Waals surface area contributed by atoms with Crippen molar-refractivity contribution < 1.29 is 9.53 Å². The van der Waals surface area contributed by atoms with E-state index < -0.39 is 0 Å². The van der Waals surface area contributed by atoms with Crippen molar-refractivity contribution in [2.24, 2.45) is 0 Å². The van der Waals surface area contributed by atoms with E-state index in [-0.39, 0.29) is 17.9 Å². The number of fused-ring (bicyclic) bond motifs is 3. The van der Waals surface area contributed by atoms with Crippen molar-refractivity contribution in [3.05, 3.63) is 65.2 Å². The Morgan fingerprint density at radius 1 is 1.09 bits per heavy atom. The lowest BCUT2D eigenvalue weighted by Gasteiger charge is -2.37. The van der Waals surface area contributed by atoms with Crippen LogP contribution in [-0.2, 0) is 4.79 Å². The zero-order chi connectivity index (χ0) is 15.1. The summed E-state index contributed by atoms with van der Waals surface area (Å²) in [6, 6.07) is 17.0. The molecule has 0 radical (unpaired) electrons. The number of hydrogen-bond donors (Lipinski definition) is 0. The monoisotopic (exact) mass is 293 g/mol. The average Bonchev–Trinajstić information content (AvgIpc) is 2.95. The van der Waals surface area contributed by atoms with E-state index in [9.17, 15) is 4.79 Å². The molecule has 22 heavy (non-hydrogen) atoms. The molecule has 2 unspecified atom stereocenters. The van der Waals surface area contributed by atoms with Crippen LogP contribution in [0, 0.1) is 0 Å². The van der Waals surface area contributed by atoms with Crippen molar-refractivity contribution >= 4 is 5.91 Å². The maximum Gasteiger partial charge on any atom is 0.223 e. The van der Waals surface area contributed by atoms with Crippen molar-refractivity contribution in [1.29, 1.82) is 0 Å². The van der Waals surface area contributed by atoms with Crippen molar-refractivity contribution in [2.75, 3.05) is 13.7 Å². The van der Waals surface area contributed by atoms with Crippen LogP contribution in [0.3, 0.4) is 0 Å². The Hall–Kier alpha value is -2.29. The summed E-state index contributed by atoms with van der Waals surface area (Å²) in [6.45, 7) is 0.772. The van der Waals surface area contributed by atoms with Gasteiger partial charge in [0.05, 0.1) is 13.2 Å². The van der Waals surface area contributed by atoms with Crippen LogP contribution in [0.2, 0.25) is 0 Å². The minimum absolute atomic E-state index is 0.226. The average molecular weight is 293 g/mol. The fourth-order valence-corrected chi connectivity index (χ4v) is 3.84. The molecule has 0 saturated carbocycles. The van der Waals surface area contributed by atoms with E-state index >= 15 is 0 Å². The van der Waals surface area contributed by atoms with Gasteiger partial charge in [0.2, 0.25) is 5.91 Å². The van der Waals surface area contributed by atoms with Gasteiger partial charge in [0.15, 0.2) is 0 Å². The molecule has 112 valence electrons. The summed E-state index contributed by atoms with van der Waals surface area (Å²) in [5, 5.41) is 0. The van der Waals surface area contributed by atoms with Crippen molar-refractivity contribution in [1.82, 2.24) is 4.90 Å². The minimum atomic E-state index is 0.226. The molecule has 3 heteroatoms. The zero-order valence-corrected chi connectivity index (χ0v) is 12.7. The Morgan fingerprint density at radius 3 is 2.68 bits per heavy atom. The van der Waals surface area contributed by atoms with Crippen LogP contribution in [0.25, 0.3) is 0 Å². The number of methoxy groups -OCH3 is 1. The number of hydrogen-bond acceptors (Lipinski definition) is 2. The standard InChI is InChI=1S/C19H19NO2/c1-22-14-7-8-15-16(11-14)17(13-5-3-2-4-6-13)12-20-18(15)9-10-19(20)21/h2-8,11,17-18H,9-10,12H2,1H3. The first-order valence-corrected chi connectivity index (χ1v) is 7.80. The summed E-state index contributed by atoms with van der Waals surface area (Å²) in [5.74, 6) is 1.40. The molecule has 2 aliphatic rings. The smallest absolute Gasteiger partial charge is 0.223 e. The SMILES string of the molecule is COc1ccc2c(c1)C(c1ccccc1)CN1C(=O)CCC21. The fraction of sp³-hybridized carbons (Fsp3) is 0.316. The summed E-state index contributed by atoms with van der Waals surface area (Å²) >= 11 is 0. The Kier molecular flexibility index (Phi) is 3.14. The Labute approximate surface area is 130 Å². The van der Waals surface area contributed by atoms with Crippen molar-refractivity contribution in [3.8, 4) is 5.75 Å². The molecular formula is C19H19NO2. The number of carbonyl (C=O) groups excluding carboxylic acids is 1. The molecular weight excluding hydrogens is 274 g/mol. The molecule has 3 nitrogen and oxygen atoms in total. The number of ether oxygens (including phenoxy) is 1. The molecule has 1 saturated heterocycles. The van der Waals surface area contributed by atoms with Gasteiger partial charge in [-0.2, -0.15) is 0 Å². The highest BCUT2D eigenvalue weighted by molar-refractivity contribution is 5.80. The maximum atomic E-state index is 12.2. The van der Waals surface area contributed by atoms with Gasteiger partial charge in [-0.1, -0.05) is 36.4 Å². The molecule has 0 aromatic heterocycles. The molecule has 0 spiro atoms. The molecule has 2 heterocycles. The topological polar surface area (TPSA) is 29.5 Å². The van der Waals surface area contributed by atoms with E-state index in [0.717, 1.165) is 18.7 Å². The highest BCUT2D eigenvalue weighted by Gasteiger charge is 2.40. The second-order valence-corrected chi connectivity index (χ2v) is 6.06. The van der Waals surface area contributed by atoms with Gasteiger partial charge in [0, 0.05) is 18.9 Å². The van der Waals surface area contributed by atoms with E-state index in [2.05, 4.69) is 41.3 Å². The fourth-order valence-electron chi connectivity index (χ4n) is 3.84. The summed E-state index contributed by atoms with van der Waals surface area (Å²) in [7, 11) is 1.70. The molecule has 1 fully saturated rings. The second-order valence-electron chi connectivity index (χ2n) is 6.06. The lowest BCUT2D eigenvalue weighted by atomic mass is 9.81. The van der Waals surface area contributed by atoms with Gasteiger partial charge < -0.3 is 9.64 Å². The lowest BCUT2D eigenvalue weighted by molar-refractivity contribution is -0.129. The molecule has 2 aromatic carbocycles. The van der Waals surface area contributed by atoms with E-state index in [1.54, 1.807) is 7.11 Å². The quantitative estimate of drug-likeness (QED) is 0.848. The number of amides is 1. The predicted molar refractivity (Wildman–Crippen MR) is 85.0 cm³/mol. The first kappa shape index (κ1) is 13.4. The zero-order valence-electron chi connectivity index (χ0n) is 12.7. The van der Waals surface area contributed by atoms with Gasteiger partial charge in [0.25, 0.3) is 0 Å². The van der Waals surface area contributed by atoms with Crippen LogP contribution in [0.5, 0.6) is 5.75 Å². The maximum absolute atomic E-state index is 12.2. The summed E-state index contributed by atoms with van der Waals surface area (Å²) in [4.78, 5) is 14.3. The van der Waals surface area contributed by atoms with E-state index in [0.29, 0.717) is 6.42 Å². The van der Waals surface area contributed by atoms with Crippen molar-refractivity contribution in [2.45, 2.75) is 24.8 Å². The molecule has 2 aliphatic heterocycles. The largest absolute Gasteiger partial charge is 0.497 e. The first-order chi connectivity index (χ1) is 10.8. The molecule has 0 N–H and O–H groups in total. The van der Waals surface area contributed by atoms with Crippen LogP contribution in [-0.4, -0.2) is 24.5 Å². The number of rotatable bonds is 2. The minimum Gasteiger partial charge on any atom is -0.497 e. The third kappa shape index (κ3) is 2.00. The number of benzene rings is 2. The molecule has 4 rings (SSSR count). The van der Waals surface area contributed by atoms with Gasteiger partial charge in [-0.15, -0.1) is 0 Å². The second kappa shape index (κ2) is 5.16. The van der Waals surface area contributed by atoms with Gasteiger partial charge >= 0.3 is 0 Å². The summed E-state index contributed by atoms with van der Waals surface area (Å²) in [6.07, 6.45) is 1.59. The third-order valence-electron chi connectivity index (χ3n) is 4.94. The van der Waals surface area contributed by atoms with Gasteiger partial charge in [-0.3, -0.25) is 4.79 Å². The van der Waals surface area contributed by atoms with E-state index in [4.69, 9.17) is 4.74 Å². The van der Waals surface area contributed by atoms with Crippen LogP contribution < -0.4 is 4.74 Å². The predicted octanol–water partition coefficient (Wildman–Crippen LogP) is 3.50. The summed E-state index contributed by atoms with van der Waals surface area (Å²) in [5.41, 5.74) is 3.85. The molecule has 0 aliphatic carbocycles. The van der Waals surface area contributed by atoms with Crippen LogP contribution in [0.15, 0.2) is 48.5 Å². The van der Waals surface area contributed by atoms with Crippen LogP contribution in [0.1, 0.15) is 41.5 Å². The highest BCUT2D eigenvalue weighted by Crippen LogP contribution is 2.45. The van der Waals surface area contributed by atoms with Gasteiger partial charge in [0.1, 0.15) is 5.75 Å².